The van der Waals surface area contributed by atoms with E-state index < -0.39 is 10.0 Å². The lowest BCUT2D eigenvalue weighted by Crippen LogP contribution is -2.30. The number of aryl methyl sites for hydroxylation is 2. The molecular formula is C22H22INO4S. The van der Waals surface area contributed by atoms with Crippen LogP contribution in [0.2, 0.25) is 0 Å². The molecule has 0 atom stereocenters. The van der Waals surface area contributed by atoms with Gasteiger partial charge in [0.1, 0.15) is 5.75 Å². The predicted molar refractivity (Wildman–Crippen MR) is 124 cm³/mol. The molecule has 0 amide bonds. The molecule has 29 heavy (non-hydrogen) atoms. The molecule has 3 aromatic rings. The van der Waals surface area contributed by atoms with Crippen LogP contribution in [0.1, 0.15) is 11.1 Å². The maximum Gasteiger partial charge on any atom is 0.286 e. The summed E-state index contributed by atoms with van der Waals surface area (Å²) in [5.74, 6) is 0.582. The highest BCUT2D eigenvalue weighted by Crippen LogP contribution is 2.40. The summed E-state index contributed by atoms with van der Waals surface area (Å²) in [4.78, 5) is 5.54. The molecule has 0 bridgehead atoms. The van der Waals surface area contributed by atoms with E-state index in [0.717, 1.165) is 30.3 Å². The smallest absolute Gasteiger partial charge is 0.286 e. The second-order valence-corrected chi connectivity index (χ2v) is 9.41. The number of ether oxygens (including phenoxy) is 1. The van der Waals surface area contributed by atoms with E-state index in [2.05, 4.69) is 22.6 Å². The summed E-state index contributed by atoms with van der Waals surface area (Å²) in [7, 11) is -1.06. The van der Waals surface area contributed by atoms with E-state index in [4.69, 9.17) is 9.57 Å². The molecule has 0 saturated carbocycles. The lowest BCUT2D eigenvalue weighted by molar-refractivity contribution is 0.216. The van der Waals surface area contributed by atoms with Crippen molar-refractivity contribution in [2.45, 2.75) is 18.7 Å². The highest BCUT2D eigenvalue weighted by Gasteiger charge is 2.29. The quantitative estimate of drug-likeness (QED) is 0.324. The van der Waals surface area contributed by atoms with E-state index in [1.165, 1.54) is 26.4 Å². The van der Waals surface area contributed by atoms with Crippen LogP contribution in [-0.4, -0.2) is 22.6 Å². The largest absolute Gasteiger partial charge is 0.497 e. The lowest BCUT2D eigenvalue weighted by Gasteiger charge is -2.26. The van der Waals surface area contributed by atoms with Crippen molar-refractivity contribution in [1.29, 1.82) is 0 Å². The zero-order valence-corrected chi connectivity index (χ0v) is 19.6. The number of rotatable bonds is 6. The van der Waals surface area contributed by atoms with Crippen LogP contribution in [0.15, 0.2) is 65.6 Å². The van der Waals surface area contributed by atoms with Crippen molar-refractivity contribution in [3.63, 3.8) is 0 Å². The SMILES string of the molecule is COc1ccc(S(=O)(=O)N(OC)c2cccc(C)c2-c2c(C)cccc2I)cc1. The molecule has 0 aliphatic heterocycles. The molecule has 0 aliphatic carbocycles. The first-order chi connectivity index (χ1) is 13.8. The van der Waals surface area contributed by atoms with Crippen LogP contribution in [0.4, 0.5) is 5.69 Å². The van der Waals surface area contributed by atoms with Gasteiger partial charge < -0.3 is 4.74 Å². The molecule has 0 heterocycles. The van der Waals surface area contributed by atoms with Crippen LogP contribution in [0, 0.1) is 17.4 Å². The summed E-state index contributed by atoms with van der Waals surface area (Å²) >= 11 is 2.28. The van der Waals surface area contributed by atoms with Gasteiger partial charge in [-0.2, -0.15) is 8.42 Å². The van der Waals surface area contributed by atoms with E-state index in [0.29, 0.717) is 11.4 Å². The summed E-state index contributed by atoms with van der Waals surface area (Å²) in [6, 6.07) is 17.8. The monoisotopic (exact) mass is 523 g/mol. The average molecular weight is 523 g/mol. The molecule has 0 N–H and O–H groups in total. The minimum absolute atomic E-state index is 0.118. The first kappa shape index (κ1) is 21.6. The number of anilines is 1. The normalized spacial score (nSPS) is 11.3. The summed E-state index contributed by atoms with van der Waals surface area (Å²) in [5.41, 5.74) is 4.31. The third kappa shape index (κ3) is 4.12. The second-order valence-electron chi connectivity index (χ2n) is 6.49. The van der Waals surface area contributed by atoms with Gasteiger partial charge in [-0.05, 0) is 84.0 Å². The number of nitrogens with zero attached hydrogens (tertiary/aromatic N) is 1. The standard InChI is InChI=1S/C22H22INO4S/c1-15-7-5-9-19(23)21(15)22-16(2)8-6-10-20(22)24(28-4)29(25,26)18-13-11-17(27-3)12-14-18/h5-14H,1-4H3. The van der Waals surface area contributed by atoms with Crippen molar-refractivity contribution < 1.29 is 18.0 Å². The highest BCUT2D eigenvalue weighted by molar-refractivity contribution is 14.1. The van der Waals surface area contributed by atoms with E-state index in [-0.39, 0.29) is 4.90 Å². The van der Waals surface area contributed by atoms with Crippen molar-refractivity contribution in [3.8, 4) is 16.9 Å². The van der Waals surface area contributed by atoms with Gasteiger partial charge in [0.2, 0.25) is 0 Å². The van der Waals surface area contributed by atoms with Gasteiger partial charge in [-0.15, -0.1) is 4.47 Å². The first-order valence-corrected chi connectivity index (χ1v) is 11.4. The Balaban J connectivity index is 2.22. The number of benzene rings is 3. The van der Waals surface area contributed by atoms with Crippen molar-refractivity contribution in [2.24, 2.45) is 0 Å². The van der Waals surface area contributed by atoms with Crippen molar-refractivity contribution >= 4 is 38.3 Å². The maximum absolute atomic E-state index is 13.4. The van der Waals surface area contributed by atoms with E-state index in [9.17, 15) is 8.42 Å². The van der Waals surface area contributed by atoms with Gasteiger partial charge >= 0.3 is 0 Å². The Kier molecular flexibility index (Phi) is 6.50. The zero-order chi connectivity index (χ0) is 21.2. The van der Waals surface area contributed by atoms with Crippen molar-refractivity contribution in [1.82, 2.24) is 0 Å². The molecule has 0 fully saturated rings. The van der Waals surface area contributed by atoms with Gasteiger partial charge in [0.15, 0.2) is 0 Å². The number of methoxy groups -OCH3 is 1. The Labute approximate surface area is 185 Å². The summed E-state index contributed by atoms with van der Waals surface area (Å²) < 4.78 is 33.9. The number of hydrogen-bond acceptors (Lipinski definition) is 4. The van der Waals surface area contributed by atoms with Crippen LogP contribution >= 0.6 is 22.6 Å². The summed E-state index contributed by atoms with van der Waals surface area (Å²) in [5, 5.41) is 0. The van der Waals surface area contributed by atoms with Gasteiger partial charge in [0, 0.05) is 14.7 Å². The number of halogens is 1. The molecule has 3 aromatic carbocycles. The van der Waals surface area contributed by atoms with Crippen LogP contribution in [0.3, 0.4) is 0 Å². The molecule has 3 rings (SSSR count). The number of hydrogen-bond donors (Lipinski definition) is 0. The third-order valence-electron chi connectivity index (χ3n) is 4.66. The molecule has 0 aliphatic rings. The molecule has 0 radical (unpaired) electrons. The molecule has 0 spiro atoms. The van der Waals surface area contributed by atoms with Crippen molar-refractivity contribution in [3.05, 3.63) is 75.4 Å². The maximum atomic E-state index is 13.4. The Morgan fingerprint density at radius 1 is 0.828 bits per heavy atom. The topological polar surface area (TPSA) is 55.8 Å². The Bertz CT molecular complexity index is 1110. The highest BCUT2D eigenvalue weighted by atomic mass is 127. The van der Waals surface area contributed by atoms with Gasteiger partial charge in [-0.25, -0.2) is 0 Å². The Morgan fingerprint density at radius 2 is 1.41 bits per heavy atom. The minimum atomic E-state index is -3.95. The Hall–Kier alpha value is -2.10. The fourth-order valence-electron chi connectivity index (χ4n) is 3.25. The van der Waals surface area contributed by atoms with Crippen LogP contribution in [0.5, 0.6) is 5.75 Å². The third-order valence-corrected chi connectivity index (χ3v) is 7.21. The van der Waals surface area contributed by atoms with Gasteiger partial charge in [0.05, 0.1) is 24.8 Å². The van der Waals surface area contributed by atoms with Gasteiger partial charge in [0.25, 0.3) is 10.0 Å². The second kappa shape index (κ2) is 8.73. The molecule has 0 unspecified atom stereocenters. The fourth-order valence-corrected chi connectivity index (χ4v) is 5.43. The minimum Gasteiger partial charge on any atom is -0.497 e. The molecule has 0 aromatic heterocycles. The fraction of sp³-hybridized carbons (Fsp3) is 0.182. The molecule has 0 saturated heterocycles. The van der Waals surface area contributed by atoms with Crippen molar-refractivity contribution in [2.75, 3.05) is 18.7 Å². The summed E-state index contributed by atoms with van der Waals surface area (Å²) in [6.07, 6.45) is 0. The van der Waals surface area contributed by atoms with Crippen LogP contribution < -0.4 is 9.21 Å². The Morgan fingerprint density at radius 3 is 1.97 bits per heavy atom. The molecular weight excluding hydrogens is 501 g/mol. The molecule has 7 heteroatoms. The summed E-state index contributed by atoms with van der Waals surface area (Å²) in [6.45, 7) is 3.98. The lowest BCUT2D eigenvalue weighted by atomic mass is 9.95. The van der Waals surface area contributed by atoms with Crippen LogP contribution in [-0.2, 0) is 14.9 Å². The average Bonchev–Trinajstić information content (AvgIpc) is 2.70. The number of sulfonamides is 1. The van der Waals surface area contributed by atoms with E-state index in [1.54, 1.807) is 18.2 Å². The first-order valence-electron chi connectivity index (χ1n) is 8.90. The predicted octanol–water partition coefficient (Wildman–Crippen LogP) is 5.34. The van der Waals surface area contributed by atoms with E-state index >= 15 is 0 Å². The van der Waals surface area contributed by atoms with Gasteiger partial charge in [-0.1, -0.05) is 24.3 Å². The van der Waals surface area contributed by atoms with E-state index in [1.807, 2.05) is 44.2 Å². The molecule has 5 nitrogen and oxygen atoms in total. The van der Waals surface area contributed by atoms with Crippen LogP contribution in [0.25, 0.3) is 11.1 Å². The molecule has 152 valence electrons. The zero-order valence-electron chi connectivity index (χ0n) is 16.6. The van der Waals surface area contributed by atoms with Gasteiger partial charge in [-0.3, -0.25) is 4.84 Å².